The summed E-state index contributed by atoms with van der Waals surface area (Å²) in [5.74, 6) is 0.589. The number of hydrogen-bond acceptors (Lipinski definition) is 3. The van der Waals surface area contributed by atoms with Gasteiger partial charge >= 0.3 is 0 Å². The first-order chi connectivity index (χ1) is 8.93. The number of imidazole rings is 1. The van der Waals surface area contributed by atoms with Gasteiger partial charge in [-0.1, -0.05) is 17.7 Å². The van der Waals surface area contributed by atoms with Gasteiger partial charge in [0.25, 0.3) is 0 Å². The summed E-state index contributed by atoms with van der Waals surface area (Å²) in [6, 6.07) is 4.85. The third-order valence-electron chi connectivity index (χ3n) is 2.83. The molecule has 0 aliphatic rings. The summed E-state index contributed by atoms with van der Waals surface area (Å²) in [6.07, 6.45) is 3.24. The Hall–Kier alpha value is -1.37. The van der Waals surface area contributed by atoms with E-state index in [-0.39, 0.29) is 11.4 Å². The van der Waals surface area contributed by atoms with Crippen molar-refractivity contribution in [1.29, 1.82) is 0 Å². The van der Waals surface area contributed by atoms with Gasteiger partial charge in [-0.05, 0) is 24.6 Å². The maximum absolute atomic E-state index is 12.5. The predicted molar refractivity (Wildman–Crippen MR) is 73.4 cm³/mol. The van der Waals surface area contributed by atoms with Crippen LogP contribution in [-0.4, -0.2) is 29.7 Å². The molecule has 7 heteroatoms. The number of aromatic amines is 1. The topological polar surface area (TPSA) is 66.1 Å². The van der Waals surface area contributed by atoms with E-state index >= 15 is 0 Å². The Bertz CT molecular complexity index is 668. The van der Waals surface area contributed by atoms with Crippen LogP contribution in [0.25, 0.3) is 0 Å². The van der Waals surface area contributed by atoms with Crippen molar-refractivity contribution in [2.45, 2.75) is 18.4 Å². The van der Waals surface area contributed by atoms with E-state index in [9.17, 15) is 8.42 Å². The number of sulfonamides is 1. The zero-order chi connectivity index (χ0) is 14.0. The fourth-order valence-corrected chi connectivity index (χ4v) is 3.32. The Morgan fingerprint density at radius 3 is 2.79 bits per heavy atom. The second-order valence-electron chi connectivity index (χ2n) is 4.16. The van der Waals surface area contributed by atoms with Crippen LogP contribution in [0, 0.1) is 6.92 Å². The van der Waals surface area contributed by atoms with Gasteiger partial charge in [0.2, 0.25) is 10.0 Å². The lowest BCUT2D eigenvalue weighted by Gasteiger charge is -2.17. The largest absolute Gasteiger partial charge is 0.347 e. The van der Waals surface area contributed by atoms with Gasteiger partial charge < -0.3 is 4.98 Å². The predicted octanol–water partition coefficient (Wildman–Crippen LogP) is 2.19. The quantitative estimate of drug-likeness (QED) is 0.941. The molecule has 0 bridgehead atoms. The summed E-state index contributed by atoms with van der Waals surface area (Å²) in [6.45, 7) is 1.87. The van der Waals surface area contributed by atoms with Crippen molar-refractivity contribution in [1.82, 2.24) is 14.3 Å². The van der Waals surface area contributed by atoms with Gasteiger partial charge in [-0.15, -0.1) is 0 Å². The number of benzene rings is 1. The van der Waals surface area contributed by atoms with Crippen LogP contribution in [0.4, 0.5) is 0 Å². The van der Waals surface area contributed by atoms with Crippen molar-refractivity contribution < 1.29 is 8.42 Å². The van der Waals surface area contributed by atoms with Gasteiger partial charge in [0, 0.05) is 24.5 Å². The minimum absolute atomic E-state index is 0.182. The van der Waals surface area contributed by atoms with Gasteiger partial charge in [-0.2, -0.15) is 4.31 Å². The minimum atomic E-state index is -3.58. The number of nitrogens with zero attached hydrogens (tertiary/aromatic N) is 2. The molecule has 0 saturated heterocycles. The van der Waals surface area contributed by atoms with E-state index < -0.39 is 10.0 Å². The maximum Gasteiger partial charge on any atom is 0.243 e. The first-order valence-corrected chi connectivity index (χ1v) is 7.44. The van der Waals surface area contributed by atoms with E-state index in [1.807, 2.05) is 0 Å². The molecule has 0 aliphatic carbocycles. The first kappa shape index (κ1) is 14.0. The van der Waals surface area contributed by atoms with Crippen molar-refractivity contribution in [3.8, 4) is 0 Å². The molecule has 1 N–H and O–H groups in total. The monoisotopic (exact) mass is 299 g/mol. The van der Waals surface area contributed by atoms with Crippen LogP contribution in [0.15, 0.2) is 35.5 Å². The highest BCUT2D eigenvalue weighted by Gasteiger charge is 2.24. The van der Waals surface area contributed by atoms with Crippen LogP contribution in [0.5, 0.6) is 0 Å². The number of rotatable bonds is 4. The van der Waals surface area contributed by atoms with Gasteiger partial charge in [0.15, 0.2) is 0 Å². The van der Waals surface area contributed by atoms with Crippen LogP contribution in [-0.2, 0) is 16.6 Å². The number of H-pyrrole nitrogens is 1. The smallest absolute Gasteiger partial charge is 0.243 e. The average Bonchev–Trinajstić information content (AvgIpc) is 2.85. The Kier molecular flexibility index (Phi) is 3.93. The molecule has 0 amide bonds. The van der Waals surface area contributed by atoms with E-state index in [0.717, 1.165) is 0 Å². The fourth-order valence-electron chi connectivity index (χ4n) is 1.72. The molecule has 2 rings (SSSR count). The number of nitrogens with one attached hydrogen (secondary N) is 1. The van der Waals surface area contributed by atoms with Gasteiger partial charge in [-0.3, -0.25) is 0 Å². The van der Waals surface area contributed by atoms with Crippen molar-refractivity contribution >= 4 is 21.6 Å². The zero-order valence-electron chi connectivity index (χ0n) is 10.6. The lowest BCUT2D eigenvalue weighted by Crippen LogP contribution is -2.27. The van der Waals surface area contributed by atoms with E-state index in [4.69, 9.17) is 11.6 Å². The van der Waals surface area contributed by atoms with Crippen molar-refractivity contribution in [3.05, 3.63) is 47.0 Å². The van der Waals surface area contributed by atoms with Crippen LogP contribution in [0.1, 0.15) is 11.4 Å². The lowest BCUT2D eigenvalue weighted by molar-refractivity contribution is 0.457. The van der Waals surface area contributed by atoms with E-state index in [1.54, 1.807) is 37.5 Å². The standard InChI is InChI=1S/C12H14ClN3O2S/c1-9-10(13)4-3-5-11(9)19(17,18)16(2)8-12-14-6-7-15-12/h3-7H,8H2,1-2H3,(H,14,15). The number of aromatic nitrogens is 2. The molecule has 0 spiro atoms. The molecule has 1 aromatic heterocycles. The maximum atomic E-state index is 12.5. The van der Waals surface area contributed by atoms with E-state index in [2.05, 4.69) is 9.97 Å². The van der Waals surface area contributed by atoms with Gasteiger partial charge in [0.05, 0.1) is 11.4 Å². The van der Waals surface area contributed by atoms with Crippen LogP contribution >= 0.6 is 11.6 Å². The highest BCUT2D eigenvalue weighted by molar-refractivity contribution is 7.89. The third kappa shape index (κ3) is 2.80. The second kappa shape index (κ2) is 5.32. The Labute approximate surface area is 117 Å². The minimum Gasteiger partial charge on any atom is -0.347 e. The number of halogens is 1. The normalized spacial score (nSPS) is 12.0. The van der Waals surface area contributed by atoms with Crippen molar-refractivity contribution in [2.75, 3.05) is 7.05 Å². The molecular weight excluding hydrogens is 286 g/mol. The number of hydrogen-bond donors (Lipinski definition) is 1. The highest BCUT2D eigenvalue weighted by atomic mass is 35.5. The summed E-state index contributed by atoms with van der Waals surface area (Å²) >= 11 is 5.97. The van der Waals surface area contributed by atoms with Crippen molar-refractivity contribution in [2.24, 2.45) is 0 Å². The van der Waals surface area contributed by atoms with E-state index in [0.29, 0.717) is 16.4 Å². The summed E-state index contributed by atoms with van der Waals surface area (Å²) in [4.78, 5) is 7.11. The fraction of sp³-hybridized carbons (Fsp3) is 0.250. The molecular formula is C12H14ClN3O2S. The molecule has 0 saturated carbocycles. The Morgan fingerprint density at radius 2 is 2.16 bits per heavy atom. The van der Waals surface area contributed by atoms with Crippen LogP contribution in [0.2, 0.25) is 5.02 Å². The van der Waals surface area contributed by atoms with Crippen molar-refractivity contribution in [3.63, 3.8) is 0 Å². The molecule has 0 radical (unpaired) electrons. The van der Waals surface area contributed by atoms with Crippen LogP contribution in [0.3, 0.4) is 0 Å². The van der Waals surface area contributed by atoms with Gasteiger partial charge in [0.1, 0.15) is 5.82 Å². The summed E-state index contributed by atoms with van der Waals surface area (Å²) in [7, 11) is -2.07. The van der Waals surface area contributed by atoms with Gasteiger partial charge in [-0.25, -0.2) is 13.4 Å². The summed E-state index contributed by atoms with van der Waals surface area (Å²) < 4.78 is 26.2. The molecule has 102 valence electrons. The van der Waals surface area contributed by atoms with Crippen LogP contribution < -0.4 is 0 Å². The molecule has 0 atom stereocenters. The summed E-state index contributed by atoms with van der Waals surface area (Å²) in [5.41, 5.74) is 0.551. The molecule has 0 fully saturated rings. The molecule has 0 aliphatic heterocycles. The average molecular weight is 300 g/mol. The third-order valence-corrected chi connectivity index (χ3v) is 5.19. The molecule has 1 aromatic carbocycles. The molecule has 0 unspecified atom stereocenters. The highest BCUT2D eigenvalue weighted by Crippen LogP contribution is 2.25. The SMILES string of the molecule is Cc1c(Cl)cccc1S(=O)(=O)N(C)Cc1ncc[nH]1. The molecule has 19 heavy (non-hydrogen) atoms. The second-order valence-corrected chi connectivity index (χ2v) is 6.58. The van der Waals surface area contributed by atoms with E-state index in [1.165, 1.54) is 11.4 Å². The molecule has 5 nitrogen and oxygen atoms in total. The first-order valence-electron chi connectivity index (χ1n) is 5.62. The zero-order valence-corrected chi connectivity index (χ0v) is 12.2. The Balaban J connectivity index is 2.34. The summed E-state index contributed by atoms with van der Waals surface area (Å²) in [5, 5.41) is 0.437. The Morgan fingerprint density at radius 1 is 1.42 bits per heavy atom. The molecule has 2 aromatic rings. The molecule has 1 heterocycles. The lowest BCUT2D eigenvalue weighted by atomic mass is 10.2.